The minimum absolute atomic E-state index is 0.0969. The van der Waals surface area contributed by atoms with Gasteiger partial charge in [0.15, 0.2) is 0 Å². The molecule has 112 valence electrons. The van der Waals surface area contributed by atoms with Crippen LogP contribution in [-0.4, -0.2) is 23.4 Å². The molecule has 3 atom stereocenters. The van der Waals surface area contributed by atoms with Crippen LogP contribution in [0.25, 0.3) is 10.1 Å². The number of nitrogens with zero attached hydrogens (tertiary/aromatic N) is 1. The van der Waals surface area contributed by atoms with Gasteiger partial charge in [0.1, 0.15) is 4.88 Å². The summed E-state index contributed by atoms with van der Waals surface area (Å²) in [5, 5.41) is 0.997. The predicted octanol–water partition coefficient (Wildman–Crippen LogP) is 3.99. The van der Waals surface area contributed by atoms with Crippen molar-refractivity contribution in [2.24, 2.45) is 11.8 Å². The molecular weight excluding hydrogens is 280 g/mol. The van der Waals surface area contributed by atoms with Gasteiger partial charge in [0.25, 0.3) is 5.91 Å². The fourth-order valence-corrected chi connectivity index (χ4v) is 4.42. The quantitative estimate of drug-likeness (QED) is 0.865. The van der Waals surface area contributed by atoms with Crippen LogP contribution in [0.1, 0.15) is 36.9 Å². The van der Waals surface area contributed by atoms with Gasteiger partial charge in [0, 0.05) is 22.7 Å². The first kappa shape index (κ1) is 14.4. The van der Waals surface area contributed by atoms with Gasteiger partial charge in [-0.05, 0) is 31.2 Å². The summed E-state index contributed by atoms with van der Waals surface area (Å²) in [4.78, 5) is 15.7. The van der Waals surface area contributed by atoms with Crippen LogP contribution in [0.2, 0.25) is 0 Å². The van der Waals surface area contributed by atoms with Crippen LogP contribution in [0.4, 0.5) is 5.69 Å². The molecule has 1 aliphatic rings. The predicted molar refractivity (Wildman–Crippen MR) is 89.7 cm³/mol. The van der Waals surface area contributed by atoms with E-state index in [1.54, 1.807) is 0 Å². The average molecular weight is 302 g/mol. The molecule has 2 heterocycles. The van der Waals surface area contributed by atoms with Crippen molar-refractivity contribution in [3.05, 3.63) is 29.1 Å². The van der Waals surface area contributed by atoms with Crippen LogP contribution in [0.3, 0.4) is 0 Å². The molecule has 1 aliphatic heterocycles. The second-order valence-electron chi connectivity index (χ2n) is 6.36. The third-order valence-electron chi connectivity index (χ3n) is 4.69. The molecule has 0 radical (unpaired) electrons. The molecule has 1 aromatic carbocycles. The number of amides is 1. The number of hydrogen-bond donors (Lipinski definition) is 1. The molecule has 1 amide bonds. The molecule has 0 spiro atoms. The Labute approximate surface area is 129 Å². The number of carbonyl (C=O) groups is 1. The molecule has 1 aromatic heterocycles. The van der Waals surface area contributed by atoms with Crippen molar-refractivity contribution < 1.29 is 4.79 Å². The number of rotatable bonds is 1. The monoisotopic (exact) mass is 302 g/mol. The summed E-state index contributed by atoms with van der Waals surface area (Å²) in [5.41, 5.74) is 6.86. The minimum atomic E-state index is 0.0969. The van der Waals surface area contributed by atoms with E-state index in [1.807, 2.05) is 29.2 Å². The maximum atomic E-state index is 12.9. The molecule has 1 saturated heterocycles. The van der Waals surface area contributed by atoms with Crippen LogP contribution in [0.15, 0.2) is 24.3 Å². The van der Waals surface area contributed by atoms with Crippen molar-refractivity contribution in [1.82, 2.24) is 4.90 Å². The van der Waals surface area contributed by atoms with E-state index < -0.39 is 0 Å². The minimum Gasteiger partial charge on any atom is -0.397 e. The number of fused-ring (bicyclic) bond motifs is 1. The molecule has 2 N–H and O–H groups in total. The molecule has 2 aromatic rings. The summed E-state index contributed by atoms with van der Waals surface area (Å²) in [6.45, 7) is 7.43. The van der Waals surface area contributed by atoms with Crippen LogP contribution < -0.4 is 5.73 Å². The van der Waals surface area contributed by atoms with Crippen molar-refractivity contribution in [2.75, 3.05) is 12.3 Å². The van der Waals surface area contributed by atoms with Gasteiger partial charge in [-0.15, -0.1) is 11.3 Å². The van der Waals surface area contributed by atoms with E-state index in [2.05, 4.69) is 20.8 Å². The van der Waals surface area contributed by atoms with Crippen molar-refractivity contribution in [2.45, 2.75) is 33.2 Å². The maximum absolute atomic E-state index is 12.9. The highest BCUT2D eigenvalue weighted by atomic mass is 32.1. The van der Waals surface area contributed by atoms with Crippen LogP contribution in [-0.2, 0) is 0 Å². The molecule has 3 rings (SSSR count). The van der Waals surface area contributed by atoms with Gasteiger partial charge in [0.05, 0.1) is 5.69 Å². The van der Waals surface area contributed by atoms with Gasteiger partial charge in [-0.2, -0.15) is 0 Å². The lowest BCUT2D eigenvalue weighted by molar-refractivity contribution is 0.0461. The number of carbonyl (C=O) groups excluding carboxylic acids is 1. The number of nitrogen functional groups attached to an aromatic ring is 1. The summed E-state index contributed by atoms with van der Waals surface area (Å²) in [6, 6.07) is 8.24. The van der Waals surface area contributed by atoms with Gasteiger partial charge in [0.2, 0.25) is 0 Å². The third-order valence-corrected chi connectivity index (χ3v) is 5.86. The summed E-state index contributed by atoms with van der Waals surface area (Å²) in [5.74, 6) is 1.18. The highest BCUT2D eigenvalue weighted by molar-refractivity contribution is 7.21. The fraction of sp³-hybridized carbons (Fsp3) is 0.471. The van der Waals surface area contributed by atoms with Gasteiger partial charge in [-0.25, -0.2) is 0 Å². The number of likely N-dealkylation sites (tertiary alicyclic amines) is 1. The lowest BCUT2D eigenvalue weighted by atomic mass is 9.86. The van der Waals surface area contributed by atoms with Crippen LogP contribution in [0, 0.1) is 11.8 Å². The molecule has 0 aliphatic carbocycles. The number of anilines is 1. The molecule has 21 heavy (non-hydrogen) atoms. The second-order valence-corrected chi connectivity index (χ2v) is 7.41. The Bertz CT molecular complexity index is 678. The van der Waals surface area contributed by atoms with E-state index in [4.69, 9.17) is 5.73 Å². The summed E-state index contributed by atoms with van der Waals surface area (Å²) < 4.78 is 1.09. The lowest BCUT2D eigenvalue weighted by Crippen LogP contribution is -2.48. The molecule has 0 saturated carbocycles. The van der Waals surface area contributed by atoms with E-state index in [-0.39, 0.29) is 11.9 Å². The normalized spacial score (nSPS) is 26.2. The molecule has 0 bridgehead atoms. The highest BCUT2D eigenvalue weighted by Gasteiger charge is 2.33. The highest BCUT2D eigenvalue weighted by Crippen LogP contribution is 2.36. The van der Waals surface area contributed by atoms with E-state index in [0.717, 1.165) is 16.6 Å². The molecule has 3 nitrogen and oxygen atoms in total. The van der Waals surface area contributed by atoms with E-state index >= 15 is 0 Å². The van der Waals surface area contributed by atoms with E-state index in [1.165, 1.54) is 17.8 Å². The topological polar surface area (TPSA) is 46.3 Å². The zero-order valence-corrected chi connectivity index (χ0v) is 13.6. The first-order chi connectivity index (χ1) is 9.99. The molecule has 3 unspecified atom stereocenters. The lowest BCUT2D eigenvalue weighted by Gasteiger charge is -2.41. The van der Waals surface area contributed by atoms with Crippen molar-refractivity contribution >= 4 is 33.0 Å². The second kappa shape index (κ2) is 5.34. The number of piperidine rings is 1. The van der Waals surface area contributed by atoms with Gasteiger partial charge >= 0.3 is 0 Å². The van der Waals surface area contributed by atoms with Gasteiger partial charge < -0.3 is 10.6 Å². The van der Waals surface area contributed by atoms with Crippen molar-refractivity contribution in [3.8, 4) is 0 Å². The zero-order chi connectivity index (χ0) is 15.1. The Kier molecular flexibility index (Phi) is 3.66. The molecular formula is C17H22N2OS. The first-order valence-corrected chi connectivity index (χ1v) is 8.38. The summed E-state index contributed by atoms with van der Waals surface area (Å²) >= 11 is 1.51. The SMILES string of the molecule is CC1CC(C)C(C)N(C(=O)c2sc3ccccc3c2N)C1. The standard InChI is InChI=1S/C17H22N2OS/c1-10-8-11(2)12(3)19(9-10)17(20)16-15(18)13-6-4-5-7-14(13)21-16/h4-7,10-12H,8-9,18H2,1-3H3. The van der Waals surface area contributed by atoms with Crippen molar-refractivity contribution in [3.63, 3.8) is 0 Å². The molecule has 4 heteroatoms. The maximum Gasteiger partial charge on any atom is 0.266 e. The average Bonchev–Trinajstić information content (AvgIpc) is 2.80. The van der Waals surface area contributed by atoms with Gasteiger partial charge in [-0.1, -0.05) is 32.0 Å². The Hall–Kier alpha value is -1.55. The number of thiophene rings is 1. The van der Waals surface area contributed by atoms with Crippen LogP contribution in [0.5, 0.6) is 0 Å². The zero-order valence-electron chi connectivity index (χ0n) is 12.8. The third kappa shape index (κ3) is 2.42. The molecule has 1 fully saturated rings. The van der Waals surface area contributed by atoms with Gasteiger partial charge in [-0.3, -0.25) is 4.79 Å². The van der Waals surface area contributed by atoms with E-state index in [0.29, 0.717) is 22.4 Å². The summed E-state index contributed by atoms with van der Waals surface area (Å²) in [6.07, 6.45) is 1.19. The van der Waals surface area contributed by atoms with E-state index in [9.17, 15) is 4.79 Å². The largest absolute Gasteiger partial charge is 0.397 e. The Morgan fingerprint density at radius 2 is 2.00 bits per heavy atom. The number of nitrogens with two attached hydrogens (primary N) is 1. The first-order valence-electron chi connectivity index (χ1n) is 7.57. The Morgan fingerprint density at radius 3 is 2.71 bits per heavy atom. The smallest absolute Gasteiger partial charge is 0.266 e. The number of benzene rings is 1. The number of hydrogen-bond acceptors (Lipinski definition) is 3. The fourth-order valence-electron chi connectivity index (χ4n) is 3.34. The summed E-state index contributed by atoms with van der Waals surface area (Å²) in [7, 11) is 0. The Balaban J connectivity index is 1.98. The van der Waals surface area contributed by atoms with Crippen LogP contribution >= 0.6 is 11.3 Å². The van der Waals surface area contributed by atoms with Crippen molar-refractivity contribution in [1.29, 1.82) is 0 Å². The Morgan fingerprint density at radius 1 is 1.29 bits per heavy atom.